The minimum Gasteiger partial charge on any atom is -0.457 e. The number of ether oxygens (including phenoxy) is 1. The zero-order chi connectivity index (χ0) is 26.0. The molecule has 4 rings (SSSR count). The lowest BCUT2D eigenvalue weighted by Crippen LogP contribution is -2.57. The van der Waals surface area contributed by atoms with E-state index in [1.807, 2.05) is 11.9 Å². The van der Waals surface area contributed by atoms with E-state index < -0.39 is 23.7 Å². The largest absolute Gasteiger partial charge is 0.457 e. The fourth-order valence-electron chi connectivity index (χ4n) is 3.85. The number of primary amides is 1. The predicted molar refractivity (Wildman–Crippen MR) is 127 cm³/mol. The van der Waals surface area contributed by atoms with Crippen LogP contribution in [0.2, 0.25) is 0 Å². The molecule has 1 saturated heterocycles. The Balaban J connectivity index is 1.60. The van der Waals surface area contributed by atoms with E-state index in [9.17, 15) is 22.8 Å². The first-order valence-electron chi connectivity index (χ1n) is 11.1. The van der Waals surface area contributed by atoms with Crippen molar-refractivity contribution in [3.05, 3.63) is 65.9 Å². The number of halogens is 3. The zero-order valence-electron chi connectivity index (χ0n) is 19.6. The number of anilines is 1. The average Bonchev–Trinajstić information content (AvgIpc) is 2.84. The number of nitrogens with two attached hydrogens (primary N) is 1. The van der Waals surface area contributed by atoms with Crippen molar-refractivity contribution < 1.29 is 27.5 Å². The second-order valence-corrected chi connectivity index (χ2v) is 8.51. The van der Waals surface area contributed by atoms with Crippen molar-refractivity contribution in [2.24, 2.45) is 5.73 Å². The zero-order valence-corrected chi connectivity index (χ0v) is 19.6. The number of carbonyl (C=O) groups excluding carboxylic acids is 2. The molecule has 1 aromatic heterocycles. The molecule has 188 valence electrons. The summed E-state index contributed by atoms with van der Waals surface area (Å²) in [4.78, 5) is 37.0. The van der Waals surface area contributed by atoms with Gasteiger partial charge in [-0.2, -0.15) is 13.2 Å². The highest BCUT2D eigenvalue weighted by atomic mass is 19.4. The third-order valence-electron chi connectivity index (χ3n) is 5.81. The molecule has 0 aliphatic carbocycles. The molecule has 2 aromatic carbocycles. The van der Waals surface area contributed by atoms with Gasteiger partial charge in [0.2, 0.25) is 5.91 Å². The molecule has 2 N–H and O–H groups in total. The van der Waals surface area contributed by atoms with Gasteiger partial charge in [0, 0.05) is 38.2 Å². The van der Waals surface area contributed by atoms with E-state index in [-0.39, 0.29) is 23.1 Å². The van der Waals surface area contributed by atoms with Gasteiger partial charge in [-0.25, -0.2) is 9.97 Å². The SMILES string of the molecule is CC(=O)c1cc(N2CCN(C)CC2C(N)=O)nc(-c2ccc(Oc3ccc(C(F)(F)F)cc3)cc2)n1. The van der Waals surface area contributed by atoms with Crippen molar-refractivity contribution in [2.75, 3.05) is 31.6 Å². The number of likely N-dealkylation sites (N-methyl/N-ethyl adjacent to an activating group) is 1. The first-order chi connectivity index (χ1) is 17.0. The molecule has 11 heteroatoms. The van der Waals surface area contributed by atoms with E-state index in [1.54, 1.807) is 35.2 Å². The van der Waals surface area contributed by atoms with Gasteiger partial charge < -0.3 is 20.3 Å². The second kappa shape index (κ2) is 9.94. The topological polar surface area (TPSA) is 102 Å². The number of hydrogen-bond donors (Lipinski definition) is 1. The maximum Gasteiger partial charge on any atom is 0.416 e. The standard InChI is InChI=1S/C25H24F3N5O3/c1-15(34)20-13-22(33-12-11-32(2)14-21(33)23(29)35)31-24(30-20)16-3-7-18(8-4-16)36-19-9-5-17(6-10-19)25(26,27)28/h3-10,13,21H,11-12,14H2,1-2H3,(H2,29,35). The molecule has 1 atom stereocenters. The lowest BCUT2D eigenvalue weighted by Gasteiger charge is -2.39. The Hall–Kier alpha value is -3.99. The van der Waals surface area contributed by atoms with E-state index >= 15 is 0 Å². The van der Waals surface area contributed by atoms with Gasteiger partial charge in [0.25, 0.3) is 0 Å². The van der Waals surface area contributed by atoms with Crippen molar-refractivity contribution >= 4 is 17.5 Å². The van der Waals surface area contributed by atoms with Crippen molar-refractivity contribution in [3.8, 4) is 22.9 Å². The van der Waals surface area contributed by atoms with Gasteiger partial charge in [-0.3, -0.25) is 9.59 Å². The quantitative estimate of drug-likeness (QED) is 0.516. The number of Topliss-reactive ketones (excluding diaryl/α,β-unsaturated/α-hetero) is 1. The van der Waals surface area contributed by atoms with E-state index in [1.165, 1.54) is 19.1 Å². The maximum absolute atomic E-state index is 12.8. The highest BCUT2D eigenvalue weighted by Crippen LogP contribution is 2.32. The highest BCUT2D eigenvalue weighted by molar-refractivity contribution is 5.93. The number of amides is 1. The van der Waals surface area contributed by atoms with Crippen molar-refractivity contribution in [3.63, 3.8) is 0 Å². The monoisotopic (exact) mass is 499 g/mol. The van der Waals surface area contributed by atoms with Crippen molar-refractivity contribution in [1.29, 1.82) is 0 Å². The maximum atomic E-state index is 12.8. The summed E-state index contributed by atoms with van der Waals surface area (Å²) >= 11 is 0. The second-order valence-electron chi connectivity index (χ2n) is 8.51. The van der Waals surface area contributed by atoms with Gasteiger partial charge in [0.15, 0.2) is 11.6 Å². The summed E-state index contributed by atoms with van der Waals surface area (Å²) in [5.74, 6) is 0.602. The van der Waals surface area contributed by atoms with Gasteiger partial charge >= 0.3 is 6.18 Å². The molecular formula is C25H24F3N5O3. The van der Waals surface area contributed by atoms with Gasteiger partial charge in [-0.15, -0.1) is 0 Å². The van der Waals surface area contributed by atoms with Gasteiger partial charge in [-0.1, -0.05) is 0 Å². The number of alkyl halides is 3. The number of ketones is 1. The number of nitrogens with zero attached hydrogens (tertiary/aromatic N) is 4. The molecule has 0 bridgehead atoms. The fraction of sp³-hybridized carbons (Fsp3) is 0.280. The van der Waals surface area contributed by atoms with Crippen LogP contribution in [0.25, 0.3) is 11.4 Å². The number of aromatic nitrogens is 2. The van der Waals surface area contributed by atoms with Gasteiger partial charge in [0.05, 0.1) is 5.56 Å². The summed E-state index contributed by atoms with van der Waals surface area (Å²) in [7, 11) is 1.90. The summed E-state index contributed by atoms with van der Waals surface area (Å²) in [5, 5.41) is 0. The molecule has 1 amide bonds. The average molecular weight is 499 g/mol. The number of carbonyl (C=O) groups is 2. The number of piperazine rings is 1. The van der Waals surface area contributed by atoms with E-state index in [2.05, 4.69) is 9.97 Å². The van der Waals surface area contributed by atoms with Crippen LogP contribution < -0.4 is 15.4 Å². The Morgan fingerprint density at radius 1 is 1.00 bits per heavy atom. The fourth-order valence-corrected chi connectivity index (χ4v) is 3.85. The molecule has 1 fully saturated rings. The molecule has 3 aromatic rings. The minimum absolute atomic E-state index is 0.197. The van der Waals surface area contributed by atoms with Crippen LogP contribution in [-0.4, -0.2) is 59.3 Å². The predicted octanol–water partition coefficient (Wildman–Crippen LogP) is 3.76. The molecule has 8 nitrogen and oxygen atoms in total. The van der Waals surface area contributed by atoms with Crippen LogP contribution in [0.4, 0.5) is 19.0 Å². The molecule has 1 aliphatic rings. The van der Waals surface area contributed by atoms with Crippen molar-refractivity contribution in [1.82, 2.24) is 14.9 Å². The molecule has 0 radical (unpaired) electrons. The first-order valence-corrected chi connectivity index (χ1v) is 11.1. The van der Waals surface area contributed by atoms with Gasteiger partial charge in [-0.05, 0) is 55.6 Å². The van der Waals surface area contributed by atoms with Crippen LogP contribution >= 0.6 is 0 Å². The van der Waals surface area contributed by atoms with E-state index in [0.717, 1.165) is 12.1 Å². The Kier molecular flexibility index (Phi) is 6.93. The van der Waals surface area contributed by atoms with Crippen LogP contribution in [0, 0.1) is 0 Å². The number of hydrogen-bond acceptors (Lipinski definition) is 7. The molecule has 0 saturated carbocycles. The first kappa shape index (κ1) is 25.1. The molecule has 36 heavy (non-hydrogen) atoms. The van der Waals surface area contributed by atoms with Crippen LogP contribution in [0.3, 0.4) is 0 Å². The third kappa shape index (κ3) is 5.62. The lowest BCUT2D eigenvalue weighted by atomic mass is 10.1. The summed E-state index contributed by atoms with van der Waals surface area (Å²) in [6, 6.07) is 11.9. The smallest absolute Gasteiger partial charge is 0.416 e. The summed E-state index contributed by atoms with van der Waals surface area (Å²) in [6.45, 7) is 3.01. The molecule has 2 heterocycles. The normalized spacial score (nSPS) is 16.6. The van der Waals surface area contributed by atoms with Crippen LogP contribution in [0.1, 0.15) is 23.0 Å². The van der Waals surface area contributed by atoms with Gasteiger partial charge in [0.1, 0.15) is 29.1 Å². The summed E-state index contributed by atoms with van der Waals surface area (Å²) in [6.07, 6.45) is -4.42. The van der Waals surface area contributed by atoms with Crippen LogP contribution in [0.15, 0.2) is 54.6 Å². The van der Waals surface area contributed by atoms with Crippen LogP contribution in [0.5, 0.6) is 11.5 Å². The molecule has 1 unspecified atom stereocenters. The minimum atomic E-state index is -4.42. The van der Waals surface area contributed by atoms with Crippen LogP contribution in [-0.2, 0) is 11.0 Å². The Bertz CT molecular complexity index is 1260. The molecule has 0 spiro atoms. The number of benzene rings is 2. The lowest BCUT2D eigenvalue weighted by molar-refractivity contribution is -0.137. The number of rotatable bonds is 6. The molecule has 1 aliphatic heterocycles. The summed E-state index contributed by atoms with van der Waals surface area (Å²) < 4.78 is 43.9. The Labute approximate surface area is 205 Å². The van der Waals surface area contributed by atoms with E-state index in [0.29, 0.717) is 36.8 Å². The Morgan fingerprint density at radius 3 is 2.17 bits per heavy atom. The third-order valence-corrected chi connectivity index (χ3v) is 5.81. The summed E-state index contributed by atoms with van der Waals surface area (Å²) in [5.41, 5.74) is 5.65. The van der Waals surface area contributed by atoms with Crippen molar-refractivity contribution in [2.45, 2.75) is 19.1 Å². The Morgan fingerprint density at radius 2 is 1.61 bits per heavy atom. The van der Waals surface area contributed by atoms with E-state index in [4.69, 9.17) is 10.5 Å². The highest BCUT2D eigenvalue weighted by Gasteiger charge is 2.32. The molecular weight excluding hydrogens is 475 g/mol.